The van der Waals surface area contributed by atoms with Gasteiger partial charge in [0, 0.05) is 11.8 Å². The van der Waals surface area contributed by atoms with Gasteiger partial charge in [-0.3, -0.25) is 4.98 Å². The van der Waals surface area contributed by atoms with Crippen LogP contribution in [0.25, 0.3) is 33.5 Å². The number of benzene rings is 3. The van der Waals surface area contributed by atoms with Crippen LogP contribution in [0, 0.1) is 5.82 Å². The summed E-state index contributed by atoms with van der Waals surface area (Å²) in [6.45, 7) is 0. The Balaban J connectivity index is 2.07. The Morgan fingerprint density at radius 2 is 1.12 bits per heavy atom. The standard InChI is InChI=1S/C23H16FN/c24-19-15-20(17-9-3-1-4-10-17)23(22-13-7-8-14-25-22)21(16-19)18-11-5-2-6-12-18/h1-16H. The molecule has 3 aromatic carbocycles. The smallest absolute Gasteiger partial charge is 0.124 e. The van der Waals surface area contributed by atoms with Gasteiger partial charge in [0.2, 0.25) is 0 Å². The van der Waals surface area contributed by atoms with Gasteiger partial charge in [-0.15, -0.1) is 0 Å². The molecule has 4 rings (SSSR count). The van der Waals surface area contributed by atoms with Crippen LogP contribution >= 0.6 is 0 Å². The summed E-state index contributed by atoms with van der Waals surface area (Å²) in [7, 11) is 0. The zero-order valence-corrected chi connectivity index (χ0v) is 13.6. The van der Waals surface area contributed by atoms with Crippen molar-refractivity contribution in [3.8, 4) is 33.5 Å². The number of aromatic nitrogens is 1. The van der Waals surface area contributed by atoms with Crippen molar-refractivity contribution in [1.82, 2.24) is 4.98 Å². The molecular formula is C23H16FN. The molecule has 0 fully saturated rings. The van der Waals surface area contributed by atoms with E-state index in [-0.39, 0.29) is 5.82 Å². The van der Waals surface area contributed by atoms with Gasteiger partial charge in [-0.05, 0) is 46.5 Å². The largest absolute Gasteiger partial charge is 0.256 e. The third kappa shape index (κ3) is 3.07. The first-order valence-electron chi connectivity index (χ1n) is 8.19. The van der Waals surface area contributed by atoms with Crippen molar-refractivity contribution in [3.05, 3.63) is 103 Å². The number of rotatable bonds is 3. The second-order valence-electron chi connectivity index (χ2n) is 5.82. The number of halogens is 1. The molecule has 0 aliphatic carbocycles. The maximum Gasteiger partial charge on any atom is 0.124 e. The highest BCUT2D eigenvalue weighted by molar-refractivity contribution is 5.93. The van der Waals surface area contributed by atoms with Crippen LogP contribution in [0.2, 0.25) is 0 Å². The van der Waals surface area contributed by atoms with Crippen LogP contribution in [0.1, 0.15) is 0 Å². The van der Waals surface area contributed by atoms with Gasteiger partial charge >= 0.3 is 0 Å². The van der Waals surface area contributed by atoms with E-state index in [0.717, 1.165) is 33.5 Å². The van der Waals surface area contributed by atoms with Crippen molar-refractivity contribution >= 4 is 0 Å². The molecule has 0 amide bonds. The molecule has 0 saturated heterocycles. The van der Waals surface area contributed by atoms with E-state index in [2.05, 4.69) is 4.98 Å². The molecule has 0 unspecified atom stereocenters. The van der Waals surface area contributed by atoms with Crippen LogP contribution in [0.4, 0.5) is 4.39 Å². The van der Waals surface area contributed by atoms with E-state index in [9.17, 15) is 4.39 Å². The maximum atomic E-state index is 14.5. The first kappa shape index (κ1) is 15.3. The van der Waals surface area contributed by atoms with Crippen molar-refractivity contribution in [3.63, 3.8) is 0 Å². The SMILES string of the molecule is Fc1cc(-c2ccccc2)c(-c2ccccn2)c(-c2ccccc2)c1. The normalized spacial score (nSPS) is 10.6. The van der Waals surface area contributed by atoms with Crippen LogP contribution in [0.5, 0.6) is 0 Å². The highest BCUT2D eigenvalue weighted by atomic mass is 19.1. The second-order valence-corrected chi connectivity index (χ2v) is 5.82. The molecular weight excluding hydrogens is 309 g/mol. The summed E-state index contributed by atoms with van der Waals surface area (Å²) in [5.41, 5.74) is 5.41. The molecule has 120 valence electrons. The fraction of sp³-hybridized carbons (Fsp3) is 0. The Hall–Kier alpha value is -3.26. The molecule has 1 nitrogen and oxygen atoms in total. The Kier molecular flexibility index (Phi) is 4.09. The van der Waals surface area contributed by atoms with Gasteiger partial charge in [-0.2, -0.15) is 0 Å². The average molecular weight is 325 g/mol. The lowest BCUT2D eigenvalue weighted by molar-refractivity contribution is 0.629. The van der Waals surface area contributed by atoms with Crippen LogP contribution in [-0.2, 0) is 0 Å². The fourth-order valence-electron chi connectivity index (χ4n) is 3.08. The molecule has 25 heavy (non-hydrogen) atoms. The third-order valence-electron chi connectivity index (χ3n) is 4.19. The van der Waals surface area contributed by atoms with Crippen LogP contribution < -0.4 is 0 Å². The molecule has 1 aromatic heterocycles. The molecule has 0 aliphatic heterocycles. The van der Waals surface area contributed by atoms with Gasteiger partial charge < -0.3 is 0 Å². The van der Waals surface area contributed by atoms with E-state index < -0.39 is 0 Å². The minimum absolute atomic E-state index is 0.252. The van der Waals surface area contributed by atoms with Crippen molar-refractivity contribution in [1.29, 1.82) is 0 Å². The van der Waals surface area contributed by atoms with E-state index in [1.807, 2.05) is 78.9 Å². The second kappa shape index (κ2) is 6.70. The van der Waals surface area contributed by atoms with Gasteiger partial charge in [-0.1, -0.05) is 66.7 Å². The summed E-state index contributed by atoms with van der Waals surface area (Å²) in [6, 6.07) is 28.7. The van der Waals surface area contributed by atoms with Gasteiger partial charge in [0.25, 0.3) is 0 Å². The van der Waals surface area contributed by atoms with Gasteiger partial charge in [-0.25, -0.2) is 4.39 Å². The number of pyridine rings is 1. The Labute approximate surface area is 146 Å². The maximum absolute atomic E-state index is 14.5. The third-order valence-corrected chi connectivity index (χ3v) is 4.19. The lowest BCUT2D eigenvalue weighted by Gasteiger charge is -2.16. The van der Waals surface area contributed by atoms with E-state index in [1.54, 1.807) is 18.3 Å². The lowest BCUT2D eigenvalue weighted by Crippen LogP contribution is -1.94. The summed E-state index contributed by atoms with van der Waals surface area (Å²) >= 11 is 0. The summed E-state index contributed by atoms with van der Waals surface area (Å²) in [5.74, 6) is -0.252. The highest BCUT2D eigenvalue weighted by Gasteiger charge is 2.16. The van der Waals surface area contributed by atoms with Gasteiger partial charge in [0.15, 0.2) is 0 Å². The predicted molar refractivity (Wildman–Crippen MR) is 101 cm³/mol. The van der Waals surface area contributed by atoms with Crippen LogP contribution in [0.3, 0.4) is 0 Å². The Morgan fingerprint density at radius 1 is 0.600 bits per heavy atom. The van der Waals surface area contributed by atoms with Crippen molar-refractivity contribution in [2.24, 2.45) is 0 Å². The summed E-state index contributed by atoms with van der Waals surface area (Å²) < 4.78 is 14.5. The molecule has 0 saturated carbocycles. The molecule has 2 heteroatoms. The number of nitrogens with zero attached hydrogens (tertiary/aromatic N) is 1. The molecule has 0 spiro atoms. The molecule has 0 N–H and O–H groups in total. The van der Waals surface area contributed by atoms with Crippen molar-refractivity contribution < 1.29 is 4.39 Å². The Bertz CT molecular complexity index is 920. The average Bonchev–Trinajstić information content (AvgIpc) is 2.69. The summed E-state index contributed by atoms with van der Waals surface area (Å²) in [4.78, 5) is 4.53. The van der Waals surface area contributed by atoms with E-state index >= 15 is 0 Å². The summed E-state index contributed by atoms with van der Waals surface area (Å²) in [6.07, 6.45) is 1.77. The van der Waals surface area contributed by atoms with Gasteiger partial charge in [0.1, 0.15) is 5.82 Å². The molecule has 1 heterocycles. The van der Waals surface area contributed by atoms with Crippen molar-refractivity contribution in [2.45, 2.75) is 0 Å². The number of hydrogen-bond acceptors (Lipinski definition) is 1. The van der Waals surface area contributed by atoms with Crippen molar-refractivity contribution in [2.75, 3.05) is 0 Å². The highest BCUT2D eigenvalue weighted by Crippen LogP contribution is 2.39. The predicted octanol–water partition coefficient (Wildman–Crippen LogP) is 6.22. The van der Waals surface area contributed by atoms with E-state index in [0.29, 0.717) is 0 Å². The topological polar surface area (TPSA) is 12.9 Å². The monoisotopic (exact) mass is 325 g/mol. The first-order chi connectivity index (χ1) is 12.3. The van der Waals surface area contributed by atoms with Crippen LogP contribution in [0.15, 0.2) is 97.2 Å². The minimum atomic E-state index is -0.252. The zero-order valence-electron chi connectivity index (χ0n) is 13.6. The molecule has 4 aromatic rings. The minimum Gasteiger partial charge on any atom is -0.256 e. The van der Waals surface area contributed by atoms with Crippen LogP contribution in [-0.4, -0.2) is 4.98 Å². The zero-order chi connectivity index (χ0) is 17.1. The molecule has 0 radical (unpaired) electrons. The quantitative estimate of drug-likeness (QED) is 0.435. The number of hydrogen-bond donors (Lipinski definition) is 0. The molecule has 0 aliphatic rings. The van der Waals surface area contributed by atoms with E-state index in [1.165, 1.54) is 0 Å². The lowest BCUT2D eigenvalue weighted by atomic mass is 9.89. The molecule has 0 bridgehead atoms. The first-order valence-corrected chi connectivity index (χ1v) is 8.19. The van der Waals surface area contributed by atoms with Gasteiger partial charge in [0.05, 0.1) is 5.69 Å². The summed E-state index contributed by atoms with van der Waals surface area (Å²) in [5, 5.41) is 0. The molecule has 0 atom stereocenters. The Morgan fingerprint density at radius 3 is 1.60 bits per heavy atom. The van der Waals surface area contributed by atoms with E-state index in [4.69, 9.17) is 0 Å². The fourth-order valence-corrected chi connectivity index (χ4v) is 3.08.